The molecule has 0 bridgehead atoms. The highest BCUT2D eigenvalue weighted by atomic mass is 16.7. The van der Waals surface area contributed by atoms with Gasteiger partial charge in [0.05, 0.1) is 19.6 Å². The highest BCUT2D eigenvalue weighted by Crippen LogP contribution is 2.37. The lowest BCUT2D eigenvalue weighted by molar-refractivity contribution is -0.177. The summed E-state index contributed by atoms with van der Waals surface area (Å²) in [7, 11) is 0. The molecular formula is C15H15N3O3. The zero-order valence-electron chi connectivity index (χ0n) is 11.6. The Morgan fingerprint density at radius 1 is 1.24 bits per heavy atom. The molecule has 1 aromatic carbocycles. The summed E-state index contributed by atoms with van der Waals surface area (Å²) in [4.78, 5) is 4.15. The maximum absolute atomic E-state index is 5.95. The number of aromatic nitrogens is 3. The number of hydrogen-bond donors (Lipinski definition) is 1. The van der Waals surface area contributed by atoms with E-state index in [2.05, 4.69) is 28.2 Å². The van der Waals surface area contributed by atoms with Gasteiger partial charge in [0.2, 0.25) is 5.79 Å². The van der Waals surface area contributed by atoms with Crippen LogP contribution in [0.25, 0.3) is 11.0 Å². The van der Waals surface area contributed by atoms with Crippen molar-refractivity contribution in [2.45, 2.75) is 19.1 Å². The number of benzene rings is 1. The van der Waals surface area contributed by atoms with Crippen LogP contribution in [0.4, 0.5) is 0 Å². The Bertz CT molecular complexity index is 758. The average molecular weight is 285 g/mol. The number of aryl methyl sites for hydroxylation is 1. The van der Waals surface area contributed by atoms with Crippen molar-refractivity contribution in [3.8, 4) is 0 Å². The van der Waals surface area contributed by atoms with E-state index in [-0.39, 0.29) is 0 Å². The molecule has 0 spiro atoms. The molecule has 1 N–H and O–H groups in total. The first-order valence-corrected chi connectivity index (χ1v) is 6.88. The van der Waals surface area contributed by atoms with Gasteiger partial charge in [-0.3, -0.25) is 5.10 Å². The van der Waals surface area contributed by atoms with Crippen molar-refractivity contribution in [2.75, 3.05) is 13.2 Å². The maximum Gasteiger partial charge on any atom is 0.235 e. The molecule has 108 valence electrons. The summed E-state index contributed by atoms with van der Waals surface area (Å²) >= 11 is 0. The van der Waals surface area contributed by atoms with Gasteiger partial charge in [0, 0.05) is 5.39 Å². The first-order valence-electron chi connectivity index (χ1n) is 6.88. The van der Waals surface area contributed by atoms with Gasteiger partial charge in [-0.1, -0.05) is 11.6 Å². The van der Waals surface area contributed by atoms with Crippen LogP contribution in [-0.4, -0.2) is 28.4 Å². The SMILES string of the molecule is Cc1ccc2oc(C3(Cc4ncn[nH]4)OCCO3)cc2c1. The minimum absolute atomic E-state index is 0.436. The molecule has 0 amide bonds. The van der Waals surface area contributed by atoms with Gasteiger partial charge >= 0.3 is 0 Å². The number of hydrogen-bond acceptors (Lipinski definition) is 5. The summed E-state index contributed by atoms with van der Waals surface area (Å²) in [6.07, 6.45) is 1.91. The van der Waals surface area contributed by atoms with Crippen LogP contribution in [0.15, 0.2) is 35.0 Å². The van der Waals surface area contributed by atoms with Gasteiger partial charge in [-0.25, -0.2) is 4.98 Å². The number of fused-ring (bicyclic) bond motifs is 1. The van der Waals surface area contributed by atoms with Crippen molar-refractivity contribution in [3.63, 3.8) is 0 Å². The highest BCUT2D eigenvalue weighted by molar-refractivity contribution is 5.78. The Morgan fingerprint density at radius 3 is 2.86 bits per heavy atom. The summed E-state index contributed by atoms with van der Waals surface area (Å²) in [5.74, 6) is 0.442. The molecule has 6 heteroatoms. The van der Waals surface area contributed by atoms with Crippen LogP contribution < -0.4 is 0 Å². The Balaban J connectivity index is 1.78. The van der Waals surface area contributed by atoms with Crippen LogP contribution in [0.5, 0.6) is 0 Å². The molecular weight excluding hydrogens is 270 g/mol. The fraction of sp³-hybridized carbons (Fsp3) is 0.333. The Kier molecular flexibility index (Phi) is 2.80. The first-order chi connectivity index (χ1) is 10.3. The van der Waals surface area contributed by atoms with Crippen molar-refractivity contribution in [1.29, 1.82) is 0 Å². The zero-order chi connectivity index (χ0) is 14.3. The van der Waals surface area contributed by atoms with Gasteiger partial charge in [-0.15, -0.1) is 0 Å². The normalized spacial score (nSPS) is 17.6. The van der Waals surface area contributed by atoms with Crippen molar-refractivity contribution >= 4 is 11.0 Å². The summed E-state index contributed by atoms with van der Waals surface area (Å²) in [6, 6.07) is 8.05. The lowest BCUT2D eigenvalue weighted by atomic mass is 10.1. The van der Waals surface area contributed by atoms with E-state index in [9.17, 15) is 0 Å². The number of rotatable bonds is 3. The number of aromatic amines is 1. The topological polar surface area (TPSA) is 73.2 Å². The summed E-state index contributed by atoms with van der Waals surface area (Å²) in [6.45, 7) is 3.12. The van der Waals surface area contributed by atoms with Crippen LogP contribution >= 0.6 is 0 Å². The van der Waals surface area contributed by atoms with E-state index >= 15 is 0 Å². The molecule has 3 heterocycles. The Hall–Kier alpha value is -2.18. The number of nitrogens with one attached hydrogen (secondary N) is 1. The molecule has 4 rings (SSSR count). The van der Waals surface area contributed by atoms with Gasteiger partial charge in [0.25, 0.3) is 0 Å². The van der Waals surface area contributed by atoms with Crippen LogP contribution in [0.3, 0.4) is 0 Å². The molecule has 21 heavy (non-hydrogen) atoms. The van der Waals surface area contributed by atoms with E-state index in [0.29, 0.717) is 31.2 Å². The molecule has 0 atom stereocenters. The zero-order valence-corrected chi connectivity index (χ0v) is 11.6. The fourth-order valence-electron chi connectivity index (χ4n) is 2.67. The van der Waals surface area contributed by atoms with E-state index in [1.807, 2.05) is 18.2 Å². The molecule has 1 fully saturated rings. The molecule has 2 aromatic heterocycles. The number of H-pyrrole nitrogens is 1. The molecule has 6 nitrogen and oxygen atoms in total. The second-order valence-corrected chi connectivity index (χ2v) is 5.21. The molecule has 0 radical (unpaired) electrons. The standard InChI is InChI=1S/C15H15N3O3/c1-10-2-3-12-11(6-10)7-13(21-12)15(19-4-5-20-15)8-14-16-9-17-18-14/h2-3,6-7,9H,4-5,8H2,1H3,(H,16,17,18). The largest absolute Gasteiger partial charge is 0.455 e. The lowest BCUT2D eigenvalue weighted by Gasteiger charge is -2.23. The number of furan rings is 1. The highest BCUT2D eigenvalue weighted by Gasteiger charge is 2.43. The molecule has 3 aromatic rings. The lowest BCUT2D eigenvalue weighted by Crippen LogP contribution is -2.30. The third-order valence-corrected chi connectivity index (χ3v) is 3.67. The second-order valence-electron chi connectivity index (χ2n) is 5.21. The fourth-order valence-corrected chi connectivity index (χ4v) is 2.67. The van der Waals surface area contributed by atoms with Gasteiger partial charge < -0.3 is 13.9 Å². The van der Waals surface area contributed by atoms with E-state index in [0.717, 1.165) is 11.0 Å². The quantitative estimate of drug-likeness (QED) is 0.799. The van der Waals surface area contributed by atoms with Crippen molar-refractivity contribution in [1.82, 2.24) is 15.2 Å². The summed E-state index contributed by atoms with van der Waals surface area (Å²) in [5, 5.41) is 7.75. The van der Waals surface area contributed by atoms with Gasteiger partial charge in [0.15, 0.2) is 5.76 Å². The van der Waals surface area contributed by atoms with Gasteiger partial charge in [-0.2, -0.15) is 5.10 Å². The van der Waals surface area contributed by atoms with Crippen molar-refractivity contribution < 1.29 is 13.9 Å². The smallest absolute Gasteiger partial charge is 0.235 e. The number of nitrogens with zero attached hydrogens (tertiary/aromatic N) is 2. The summed E-state index contributed by atoms with van der Waals surface area (Å²) in [5.41, 5.74) is 2.01. The average Bonchev–Trinajstić information content (AvgIpc) is 3.18. The van der Waals surface area contributed by atoms with Crippen LogP contribution in [0.1, 0.15) is 17.1 Å². The Labute approximate surface area is 121 Å². The van der Waals surface area contributed by atoms with Crippen LogP contribution in [0, 0.1) is 6.92 Å². The number of ether oxygens (including phenoxy) is 2. The minimum Gasteiger partial charge on any atom is -0.455 e. The predicted octanol–water partition coefficient (Wildman–Crippen LogP) is 2.30. The van der Waals surface area contributed by atoms with Crippen molar-refractivity contribution in [3.05, 3.63) is 47.7 Å². The Morgan fingerprint density at radius 2 is 2.10 bits per heavy atom. The molecule has 1 aliphatic rings. The van der Waals surface area contributed by atoms with Crippen LogP contribution in [0.2, 0.25) is 0 Å². The van der Waals surface area contributed by atoms with E-state index in [1.165, 1.54) is 11.9 Å². The van der Waals surface area contributed by atoms with Crippen molar-refractivity contribution in [2.24, 2.45) is 0 Å². The summed E-state index contributed by atoms with van der Waals surface area (Å²) < 4.78 is 17.7. The van der Waals surface area contributed by atoms with E-state index in [4.69, 9.17) is 13.9 Å². The third-order valence-electron chi connectivity index (χ3n) is 3.67. The molecule has 0 unspecified atom stereocenters. The minimum atomic E-state index is -0.924. The van der Waals surface area contributed by atoms with Gasteiger partial charge in [-0.05, 0) is 25.1 Å². The van der Waals surface area contributed by atoms with Crippen LogP contribution in [-0.2, 0) is 21.7 Å². The van der Waals surface area contributed by atoms with E-state index < -0.39 is 5.79 Å². The molecule has 0 aliphatic carbocycles. The maximum atomic E-state index is 5.95. The molecule has 1 saturated heterocycles. The third kappa shape index (κ3) is 2.12. The predicted molar refractivity (Wildman–Crippen MR) is 74.6 cm³/mol. The van der Waals surface area contributed by atoms with E-state index in [1.54, 1.807) is 0 Å². The second kappa shape index (κ2) is 4.68. The van der Waals surface area contributed by atoms with Gasteiger partial charge in [0.1, 0.15) is 17.7 Å². The monoisotopic (exact) mass is 285 g/mol. The molecule has 1 aliphatic heterocycles. The molecule has 0 saturated carbocycles. The first kappa shape index (κ1) is 12.6.